The Hall–Kier alpha value is -5.52. The summed E-state index contributed by atoms with van der Waals surface area (Å²) in [5.74, 6) is 0. The molecule has 2 heterocycles. The van der Waals surface area contributed by atoms with Crippen molar-refractivity contribution >= 4 is 23.1 Å². The summed E-state index contributed by atoms with van der Waals surface area (Å²) in [4.78, 5) is 10.4. The van der Waals surface area contributed by atoms with Gasteiger partial charge in [0.2, 0.25) is 0 Å². The number of nitriles is 2. The minimum Gasteiger partial charge on any atom is -0.311 e. The predicted octanol–water partition coefficient (Wildman–Crippen LogP) is 7.71. The van der Waals surface area contributed by atoms with Crippen LogP contribution in [0.15, 0.2) is 127 Å². The van der Waals surface area contributed by atoms with Gasteiger partial charge in [-0.25, -0.2) is 0 Å². The maximum atomic E-state index is 9.08. The molecule has 5 rings (SSSR count). The third-order valence-electron chi connectivity index (χ3n) is 5.98. The van der Waals surface area contributed by atoms with Crippen LogP contribution < -0.4 is 4.90 Å². The normalized spacial score (nSPS) is 10.1. The van der Waals surface area contributed by atoms with E-state index in [1.165, 1.54) is 0 Å². The van der Waals surface area contributed by atoms with Gasteiger partial charge in [0.1, 0.15) is 17.7 Å². The summed E-state index contributed by atoms with van der Waals surface area (Å²) < 4.78 is 0. The molecule has 0 radical (unpaired) electrons. The van der Waals surface area contributed by atoms with Crippen molar-refractivity contribution in [3.63, 3.8) is 0 Å². The first-order valence-corrected chi connectivity index (χ1v) is 11.7. The number of allylic oxidation sites excluding steroid dienone is 1. The summed E-state index contributed by atoms with van der Waals surface area (Å²) in [6.07, 6.45) is 8.75. The summed E-state index contributed by atoms with van der Waals surface area (Å²) in [5.41, 5.74) is 8.28. The lowest BCUT2D eigenvalue weighted by Crippen LogP contribution is -2.09. The topological polar surface area (TPSA) is 76.6 Å². The van der Waals surface area contributed by atoms with Crippen LogP contribution in [0.3, 0.4) is 0 Å². The molecule has 0 fully saturated rings. The monoisotopic (exact) mass is 475 g/mol. The maximum Gasteiger partial charge on any atom is 0.130 e. The van der Waals surface area contributed by atoms with Gasteiger partial charge in [-0.2, -0.15) is 10.5 Å². The summed E-state index contributed by atoms with van der Waals surface area (Å²) in [6.45, 7) is 0. The second-order valence-electron chi connectivity index (χ2n) is 8.27. The van der Waals surface area contributed by atoms with Gasteiger partial charge in [-0.05, 0) is 94.6 Å². The smallest absolute Gasteiger partial charge is 0.130 e. The van der Waals surface area contributed by atoms with Gasteiger partial charge in [0.05, 0.1) is 0 Å². The van der Waals surface area contributed by atoms with E-state index < -0.39 is 0 Å². The molecule has 0 spiro atoms. The molecule has 5 heteroatoms. The van der Waals surface area contributed by atoms with Crippen LogP contribution in [0.2, 0.25) is 0 Å². The lowest BCUT2D eigenvalue weighted by atomic mass is 10.0. The molecular formula is C32H21N5. The van der Waals surface area contributed by atoms with Gasteiger partial charge < -0.3 is 4.90 Å². The predicted molar refractivity (Wildman–Crippen MR) is 147 cm³/mol. The van der Waals surface area contributed by atoms with Gasteiger partial charge in [-0.1, -0.05) is 36.4 Å². The average molecular weight is 476 g/mol. The van der Waals surface area contributed by atoms with E-state index in [2.05, 4.69) is 63.4 Å². The number of rotatable bonds is 6. The first-order valence-electron chi connectivity index (χ1n) is 11.7. The van der Waals surface area contributed by atoms with E-state index >= 15 is 0 Å². The van der Waals surface area contributed by atoms with Crippen LogP contribution in [0.4, 0.5) is 17.1 Å². The molecule has 0 aliphatic rings. The molecule has 0 N–H and O–H groups in total. The molecule has 5 aromatic rings. The summed E-state index contributed by atoms with van der Waals surface area (Å²) in [7, 11) is 0. The summed E-state index contributed by atoms with van der Waals surface area (Å²) in [5, 5.41) is 18.2. The Labute approximate surface area is 215 Å². The molecule has 37 heavy (non-hydrogen) atoms. The molecule has 2 aromatic heterocycles. The zero-order valence-corrected chi connectivity index (χ0v) is 19.9. The largest absolute Gasteiger partial charge is 0.311 e. The zero-order chi connectivity index (χ0) is 25.5. The molecule has 3 aromatic carbocycles. The third-order valence-corrected chi connectivity index (χ3v) is 5.98. The highest BCUT2D eigenvalue weighted by molar-refractivity contribution is 5.80. The maximum absolute atomic E-state index is 9.08. The fraction of sp³-hybridized carbons (Fsp3) is 0. The van der Waals surface area contributed by atoms with Gasteiger partial charge in [-0.15, -0.1) is 0 Å². The van der Waals surface area contributed by atoms with Crippen molar-refractivity contribution in [3.8, 4) is 34.4 Å². The highest BCUT2D eigenvalue weighted by atomic mass is 15.1. The molecular weight excluding hydrogens is 454 g/mol. The zero-order valence-electron chi connectivity index (χ0n) is 19.9. The Morgan fingerprint density at radius 2 is 0.865 bits per heavy atom. The van der Waals surface area contributed by atoms with Gasteiger partial charge in [0.25, 0.3) is 0 Å². The second-order valence-corrected chi connectivity index (χ2v) is 8.27. The molecule has 0 bridgehead atoms. The molecule has 0 saturated heterocycles. The third kappa shape index (κ3) is 5.27. The van der Waals surface area contributed by atoms with Crippen molar-refractivity contribution in [1.29, 1.82) is 10.5 Å². The van der Waals surface area contributed by atoms with Crippen LogP contribution in [-0.4, -0.2) is 9.97 Å². The molecule has 0 atom stereocenters. The van der Waals surface area contributed by atoms with Crippen LogP contribution in [0.5, 0.6) is 0 Å². The van der Waals surface area contributed by atoms with Crippen molar-refractivity contribution in [1.82, 2.24) is 9.97 Å². The number of anilines is 3. The van der Waals surface area contributed by atoms with Crippen molar-refractivity contribution in [3.05, 3.63) is 133 Å². The molecule has 0 unspecified atom stereocenters. The van der Waals surface area contributed by atoms with E-state index in [0.29, 0.717) is 0 Å². The lowest BCUT2D eigenvalue weighted by molar-refractivity contribution is 1.28. The SMILES string of the molecule is N#CC(C#N)=Cc1ccc(N(c2ccc(-c3ccncc3)cc2)c2ccc(-c3ccncc3)cc2)cc1. The highest BCUT2D eigenvalue weighted by Crippen LogP contribution is 2.36. The standard InChI is InChI=1S/C32H21N5/c33-22-25(23-34)21-24-1-7-30(8-2-24)37(31-9-3-26(4-10-31)28-13-17-35-18-14-28)32-11-5-27(6-12-32)29-15-19-36-20-16-29/h1-21H. The van der Waals surface area contributed by atoms with Crippen molar-refractivity contribution in [2.45, 2.75) is 0 Å². The number of nitrogens with zero attached hydrogens (tertiary/aromatic N) is 5. The van der Waals surface area contributed by atoms with E-state index in [4.69, 9.17) is 10.5 Å². The molecule has 174 valence electrons. The van der Waals surface area contributed by atoms with Gasteiger partial charge >= 0.3 is 0 Å². The van der Waals surface area contributed by atoms with Gasteiger partial charge in [-0.3, -0.25) is 9.97 Å². The van der Waals surface area contributed by atoms with Crippen LogP contribution in [0, 0.1) is 22.7 Å². The Bertz CT molecular complexity index is 1490. The molecule has 0 amide bonds. The fourth-order valence-corrected chi connectivity index (χ4v) is 4.12. The van der Waals surface area contributed by atoms with Crippen molar-refractivity contribution < 1.29 is 0 Å². The Morgan fingerprint density at radius 3 is 1.24 bits per heavy atom. The minimum absolute atomic E-state index is 0.0722. The fourth-order valence-electron chi connectivity index (χ4n) is 4.12. The van der Waals surface area contributed by atoms with E-state index in [9.17, 15) is 0 Å². The minimum atomic E-state index is 0.0722. The van der Waals surface area contributed by atoms with Crippen LogP contribution in [0.1, 0.15) is 5.56 Å². The van der Waals surface area contributed by atoms with Crippen LogP contribution in [0.25, 0.3) is 28.3 Å². The van der Waals surface area contributed by atoms with E-state index in [1.54, 1.807) is 30.9 Å². The number of hydrogen-bond acceptors (Lipinski definition) is 5. The summed E-state index contributed by atoms with van der Waals surface area (Å²) in [6, 6.07) is 36.4. The molecule has 0 aliphatic heterocycles. The number of aromatic nitrogens is 2. The van der Waals surface area contributed by atoms with Gasteiger partial charge in [0, 0.05) is 41.8 Å². The van der Waals surface area contributed by atoms with E-state index in [-0.39, 0.29) is 5.57 Å². The van der Waals surface area contributed by atoms with E-state index in [0.717, 1.165) is 44.9 Å². The molecule has 5 nitrogen and oxygen atoms in total. The van der Waals surface area contributed by atoms with E-state index in [1.807, 2.05) is 60.7 Å². The first-order chi connectivity index (χ1) is 18.2. The van der Waals surface area contributed by atoms with Gasteiger partial charge in [0.15, 0.2) is 0 Å². The van der Waals surface area contributed by atoms with Crippen molar-refractivity contribution in [2.24, 2.45) is 0 Å². The molecule has 0 aliphatic carbocycles. The number of benzene rings is 3. The van der Waals surface area contributed by atoms with Crippen molar-refractivity contribution in [2.75, 3.05) is 4.90 Å². The van der Waals surface area contributed by atoms with Crippen LogP contribution in [-0.2, 0) is 0 Å². The lowest BCUT2D eigenvalue weighted by Gasteiger charge is -2.26. The van der Waals surface area contributed by atoms with Crippen LogP contribution >= 0.6 is 0 Å². The average Bonchev–Trinajstić information content (AvgIpc) is 2.98. The summed E-state index contributed by atoms with van der Waals surface area (Å²) >= 11 is 0. The number of hydrogen-bond donors (Lipinski definition) is 0. The first kappa shape index (κ1) is 23.2. The quantitative estimate of drug-likeness (QED) is 0.235. The highest BCUT2D eigenvalue weighted by Gasteiger charge is 2.13. The molecule has 0 saturated carbocycles. The number of pyridine rings is 2. The Kier molecular flexibility index (Phi) is 6.79. The Morgan fingerprint density at radius 1 is 0.514 bits per heavy atom. The second kappa shape index (κ2) is 10.8. The Balaban J connectivity index is 1.54.